The molecule has 1 saturated heterocycles. The number of anilines is 1. The number of benzene rings is 2. The van der Waals surface area contributed by atoms with Crippen molar-refractivity contribution in [1.82, 2.24) is 9.29 Å². The van der Waals surface area contributed by atoms with Crippen LogP contribution in [-0.4, -0.2) is 58.0 Å². The molecule has 0 spiro atoms. The summed E-state index contributed by atoms with van der Waals surface area (Å²) in [4.78, 5) is 17.6. The highest BCUT2D eigenvalue weighted by Crippen LogP contribution is 2.34. The average Bonchev–Trinajstić information content (AvgIpc) is 3.36. The zero-order valence-corrected chi connectivity index (χ0v) is 21.3. The van der Waals surface area contributed by atoms with Crippen LogP contribution >= 0.6 is 11.3 Å². The second kappa shape index (κ2) is 10.6. The Hall–Kier alpha value is -3.15. The van der Waals surface area contributed by atoms with Gasteiger partial charge in [-0.3, -0.25) is 4.79 Å². The fourth-order valence-electron chi connectivity index (χ4n) is 3.92. The molecular weight excluding hydrogens is 490 g/mol. The number of nitrogens with zero attached hydrogens (tertiary/aromatic N) is 2. The van der Waals surface area contributed by atoms with Crippen molar-refractivity contribution in [2.24, 2.45) is 5.92 Å². The molecule has 2 heterocycles. The molecule has 9 nitrogen and oxygen atoms in total. The minimum absolute atomic E-state index is 0.153. The number of amides is 1. The van der Waals surface area contributed by atoms with Gasteiger partial charge in [-0.1, -0.05) is 0 Å². The number of piperidine rings is 1. The van der Waals surface area contributed by atoms with Crippen LogP contribution in [0, 0.1) is 5.92 Å². The number of carbonyl (C=O) groups excluding carboxylic acids is 1. The first-order valence-electron chi connectivity index (χ1n) is 11.0. The van der Waals surface area contributed by atoms with E-state index in [1.165, 1.54) is 34.9 Å². The summed E-state index contributed by atoms with van der Waals surface area (Å²) in [7, 11) is 1.06. The first-order valence-corrected chi connectivity index (χ1v) is 13.3. The molecule has 1 aliphatic rings. The minimum Gasteiger partial charge on any atom is -0.497 e. The Labute approximate surface area is 208 Å². The van der Waals surface area contributed by atoms with Gasteiger partial charge in [0, 0.05) is 30.0 Å². The van der Waals surface area contributed by atoms with E-state index in [-0.39, 0.29) is 29.8 Å². The number of hydrogen-bond donors (Lipinski definition) is 1. The maximum absolute atomic E-state index is 12.9. The fourth-order valence-corrected chi connectivity index (χ4v) is 6.11. The summed E-state index contributed by atoms with van der Waals surface area (Å²) < 4.78 is 43.0. The topological polar surface area (TPSA) is 107 Å². The Morgan fingerprint density at radius 3 is 2.31 bits per heavy atom. The lowest BCUT2D eigenvalue weighted by Crippen LogP contribution is -2.41. The van der Waals surface area contributed by atoms with Gasteiger partial charge in [0.1, 0.15) is 5.75 Å². The number of carbonyl (C=O) groups is 1. The van der Waals surface area contributed by atoms with Gasteiger partial charge in [0.25, 0.3) is 0 Å². The van der Waals surface area contributed by atoms with E-state index in [9.17, 15) is 13.2 Å². The Bertz CT molecular complexity index is 1280. The molecule has 35 heavy (non-hydrogen) atoms. The third-order valence-electron chi connectivity index (χ3n) is 5.94. The first kappa shape index (κ1) is 25.0. The van der Waals surface area contributed by atoms with Crippen molar-refractivity contribution in [1.29, 1.82) is 0 Å². The Morgan fingerprint density at radius 1 is 1.00 bits per heavy atom. The molecule has 1 N–H and O–H groups in total. The van der Waals surface area contributed by atoms with Crippen molar-refractivity contribution in [3.05, 3.63) is 47.8 Å². The van der Waals surface area contributed by atoms with Gasteiger partial charge >= 0.3 is 0 Å². The molecule has 11 heteroatoms. The highest BCUT2D eigenvalue weighted by atomic mass is 32.2. The average molecular weight is 518 g/mol. The maximum Gasteiger partial charge on any atom is 0.243 e. The zero-order chi connectivity index (χ0) is 25.0. The molecule has 1 amide bonds. The van der Waals surface area contributed by atoms with Crippen LogP contribution in [0.1, 0.15) is 12.8 Å². The van der Waals surface area contributed by atoms with Gasteiger partial charge in [-0.05, 0) is 55.3 Å². The second-order valence-corrected chi connectivity index (χ2v) is 10.7. The fraction of sp³-hybridized carbons (Fsp3) is 0.333. The normalized spacial score (nSPS) is 14.9. The lowest BCUT2D eigenvalue weighted by molar-refractivity contribution is -0.120. The molecule has 0 atom stereocenters. The van der Waals surface area contributed by atoms with Crippen molar-refractivity contribution >= 4 is 32.4 Å². The molecule has 2 aromatic carbocycles. The van der Waals surface area contributed by atoms with E-state index in [4.69, 9.17) is 14.2 Å². The van der Waals surface area contributed by atoms with Gasteiger partial charge in [-0.2, -0.15) is 4.31 Å². The van der Waals surface area contributed by atoms with E-state index >= 15 is 0 Å². The highest BCUT2D eigenvalue weighted by molar-refractivity contribution is 7.89. The summed E-state index contributed by atoms with van der Waals surface area (Å²) in [6.45, 7) is 0.558. The lowest BCUT2D eigenvalue weighted by atomic mass is 9.97. The third kappa shape index (κ3) is 5.42. The van der Waals surface area contributed by atoms with Crippen LogP contribution in [-0.2, 0) is 14.8 Å². The Balaban J connectivity index is 1.36. The summed E-state index contributed by atoms with van der Waals surface area (Å²) in [6.07, 6.45) is 0.879. The summed E-state index contributed by atoms with van der Waals surface area (Å²) in [5, 5.41) is 5.24. The van der Waals surface area contributed by atoms with Crippen LogP contribution in [0.2, 0.25) is 0 Å². The predicted molar refractivity (Wildman–Crippen MR) is 134 cm³/mol. The molecule has 0 saturated carbocycles. The standard InChI is InChI=1S/C24H27N3O6S2/c1-31-18-5-7-19(8-6-18)35(29,30)27-12-10-16(11-13-27)23(28)26-24-25-20(15-34-24)17-4-9-21(32-2)22(14-17)33-3/h4-9,14-16H,10-13H2,1-3H3,(H,25,26,28). The smallest absolute Gasteiger partial charge is 0.243 e. The van der Waals surface area contributed by atoms with Crippen LogP contribution in [0.4, 0.5) is 5.13 Å². The molecule has 3 aromatic rings. The number of ether oxygens (including phenoxy) is 3. The van der Waals surface area contributed by atoms with Crippen LogP contribution in [0.15, 0.2) is 52.7 Å². The molecule has 0 aliphatic carbocycles. The number of hydrogen-bond acceptors (Lipinski definition) is 8. The third-order valence-corrected chi connectivity index (χ3v) is 8.61. The van der Waals surface area contributed by atoms with E-state index in [0.717, 1.165) is 5.56 Å². The summed E-state index contributed by atoms with van der Waals surface area (Å²) in [5.74, 6) is 1.38. The molecule has 0 bridgehead atoms. The molecule has 1 fully saturated rings. The van der Waals surface area contributed by atoms with E-state index in [1.807, 2.05) is 17.5 Å². The monoisotopic (exact) mass is 517 g/mol. The van der Waals surface area contributed by atoms with Crippen molar-refractivity contribution in [2.45, 2.75) is 17.7 Å². The van der Waals surface area contributed by atoms with Crippen molar-refractivity contribution in [3.63, 3.8) is 0 Å². The van der Waals surface area contributed by atoms with Gasteiger partial charge in [0.2, 0.25) is 15.9 Å². The summed E-state index contributed by atoms with van der Waals surface area (Å²) in [5.41, 5.74) is 1.56. The van der Waals surface area contributed by atoms with E-state index in [1.54, 1.807) is 32.4 Å². The highest BCUT2D eigenvalue weighted by Gasteiger charge is 2.32. The molecule has 1 aliphatic heterocycles. The number of aromatic nitrogens is 1. The van der Waals surface area contributed by atoms with Crippen LogP contribution in [0.5, 0.6) is 17.2 Å². The van der Waals surface area contributed by atoms with Gasteiger partial charge < -0.3 is 19.5 Å². The van der Waals surface area contributed by atoms with Gasteiger partial charge in [-0.25, -0.2) is 13.4 Å². The van der Waals surface area contributed by atoms with Crippen LogP contribution in [0.3, 0.4) is 0 Å². The van der Waals surface area contributed by atoms with Crippen molar-refractivity contribution in [2.75, 3.05) is 39.7 Å². The Kier molecular flexibility index (Phi) is 7.58. The predicted octanol–water partition coefficient (Wildman–Crippen LogP) is 3.88. The van der Waals surface area contributed by atoms with Crippen LogP contribution in [0.25, 0.3) is 11.3 Å². The molecular formula is C24H27N3O6S2. The number of rotatable bonds is 8. The second-order valence-electron chi connectivity index (χ2n) is 7.95. The molecule has 186 valence electrons. The zero-order valence-electron chi connectivity index (χ0n) is 19.7. The van der Waals surface area contributed by atoms with Gasteiger partial charge in [0.05, 0.1) is 31.9 Å². The molecule has 1 aromatic heterocycles. The largest absolute Gasteiger partial charge is 0.497 e. The lowest BCUT2D eigenvalue weighted by Gasteiger charge is -2.30. The van der Waals surface area contributed by atoms with Gasteiger partial charge in [0.15, 0.2) is 16.6 Å². The SMILES string of the molecule is COc1ccc(S(=O)(=O)N2CCC(C(=O)Nc3nc(-c4ccc(OC)c(OC)c4)cs3)CC2)cc1. The Morgan fingerprint density at radius 2 is 1.69 bits per heavy atom. The first-order chi connectivity index (χ1) is 16.8. The van der Waals surface area contributed by atoms with E-state index in [2.05, 4.69) is 10.3 Å². The number of sulfonamides is 1. The van der Waals surface area contributed by atoms with Crippen LogP contribution < -0.4 is 19.5 Å². The van der Waals surface area contributed by atoms with Gasteiger partial charge in [-0.15, -0.1) is 11.3 Å². The number of thiazole rings is 1. The number of methoxy groups -OCH3 is 3. The molecule has 0 unspecified atom stereocenters. The van der Waals surface area contributed by atoms with E-state index < -0.39 is 10.0 Å². The molecule has 4 rings (SSSR count). The minimum atomic E-state index is -3.62. The summed E-state index contributed by atoms with van der Waals surface area (Å²) >= 11 is 1.33. The van der Waals surface area contributed by atoms with E-state index in [0.29, 0.717) is 40.9 Å². The summed E-state index contributed by atoms with van der Waals surface area (Å²) in [6, 6.07) is 11.8. The number of nitrogens with one attached hydrogen (secondary N) is 1. The van der Waals surface area contributed by atoms with Crippen molar-refractivity contribution < 1.29 is 27.4 Å². The quantitative estimate of drug-likeness (QED) is 0.483. The molecule has 0 radical (unpaired) electrons. The van der Waals surface area contributed by atoms with Crippen molar-refractivity contribution in [3.8, 4) is 28.5 Å². The maximum atomic E-state index is 12.9.